The van der Waals surface area contributed by atoms with Gasteiger partial charge in [-0.2, -0.15) is 0 Å². The van der Waals surface area contributed by atoms with Crippen molar-refractivity contribution >= 4 is 21.9 Å². The minimum atomic E-state index is -0.227. The van der Waals surface area contributed by atoms with Gasteiger partial charge in [0.25, 0.3) is 0 Å². The third kappa shape index (κ3) is 2.20. The normalized spacial score (nSPS) is 23.3. The summed E-state index contributed by atoms with van der Waals surface area (Å²) in [5.74, 6) is 0.328. The summed E-state index contributed by atoms with van der Waals surface area (Å²) in [6.07, 6.45) is 5.28. The minimum Gasteiger partial charge on any atom is -0.393 e. The number of aliphatic hydroxyl groups is 1. The number of aromatic amines is 1. The van der Waals surface area contributed by atoms with Crippen molar-refractivity contribution in [1.82, 2.24) is 19.5 Å². The highest BCUT2D eigenvalue weighted by molar-refractivity contribution is 5.97. The first-order valence-corrected chi connectivity index (χ1v) is 9.20. The molecule has 5 heteroatoms. The van der Waals surface area contributed by atoms with E-state index in [4.69, 9.17) is 0 Å². The standard InChI is InChI=1S/C21H22N4O/c1-12-9-14(10-18(12)26)25-8-7-16-20(22-11-23-21(16)25)19-13(2)15-5-3-4-6-17(15)24-19/h3-8,11-12,14,18,24,26H,9-10H2,1-2H3/t12-,14+,18-/m0/s1. The second-order valence-electron chi connectivity index (χ2n) is 7.52. The molecule has 0 spiro atoms. The van der Waals surface area contributed by atoms with Crippen molar-refractivity contribution in [3.05, 3.63) is 48.4 Å². The molecule has 1 aromatic carbocycles. The predicted octanol–water partition coefficient (Wildman–Crippen LogP) is 4.22. The fraction of sp³-hybridized carbons (Fsp3) is 0.333. The molecule has 1 fully saturated rings. The highest BCUT2D eigenvalue weighted by atomic mass is 16.3. The molecule has 3 aromatic heterocycles. The molecule has 0 unspecified atom stereocenters. The Morgan fingerprint density at radius 3 is 2.73 bits per heavy atom. The van der Waals surface area contributed by atoms with Gasteiger partial charge < -0.3 is 14.7 Å². The van der Waals surface area contributed by atoms with E-state index in [9.17, 15) is 5.11 Å². The second kappa shape index (κ2) is 5.68. The number of nitrogens with one attached hydrogen (secondary N) is 1. The van der Waals surface area contributed by atoms with E-state index in [1.165, 1.54) is 10.9 Å². The number of hydrogen-bond acceptors (Lipinski definition) is 3. The molecule has 0 aliphatic heterocycles. The Morgan fingerprint density at radius 1 is 1.12 bits per heavy atom. The molecule has 0 bridgehead atoms. The van der Waals surface area contributed by atoms with Crippen LogP contribution in [0.1, 0.15) is 31.4 Å². The zero-order chi connectivity index (χ0) is 17.8. The molecule has 132 valence electrons. The lowest BCUT2D eigenvalue weighted by molar-refractivity contribution is 0.139. The van der Waals surface area contributed by atoms with Gasteiger partial charge in [-0.3, -0.25) is 0 Å². The molecule has 0 saturated heterocycles. The van der Waals surface area contributed by atoms with Crippen molar-refractivity contribution in [3.63, 3.8) is 0 Å². The number of aryl methyl sites for hydroxylation is 1. The SMILES string of the molecule is Cc1c(-c2ncnc3c2ccn3[C@@H]2C[C@H](C)[C@@H](O)C2)[nH]c2ccccc12. The maximum absolute atomic E-state index is 10.1. The van der Waals surface area contributed by atoms with Gasteiger partial charge in [-0.05, 0) is 43.4 Å². The van der Waals surface area contributed by atoms with Gasteiger partial charge in [-0.1, -0.05) is 25.1 Å². The van der Waals surface area contributed by atoms with Crippen molar-refractivity contribution in [3.8, 4) is 11.4 Å². The van der Waals surface area contributed by atoms with Crippen LogP contribution in [0.3, 0.4) is 0 Å². The highest BCUT2D eigenvalue weighted by Crippen LogP contribution is 2.38. The number of rotatable bonds is 2. The lowest BCUT2D eigenvalue weighted by Crippen LogP contribution is -2.08. The van der Waals surface area contributed by atoms with Crippen LogP contribution in [0.5, 0.6) is 0 Å². The van der Waals surface area contributed by atoms with Crippen LogP contribution in [-0.2, 0) is 0 Å². The molecule has 2 N–H and O–H groups in total. The molecule has 5 rings (SSSR count). The molecule has 1 saturated carbocycles. The van der Waals surface area contributed by atoms with Crippen LogP contribution >= 0.6 is 0 Å². The zero-order valence-electron chi connectivity index (χ0n) is 15.0. The predicted molar refractivity (Wildman–Crippen MR) is 103 cm³/mol. The molecule has 26 heavy (non-hydrogen) atoms. The van der Waals surface area contributed by atoms with Crippen LogP contribution in [0.25, 0.3) is 33.3 Å². The largest absolute Gasteiger partial charge is 0.393 e. The van der Waals surface area contributed by atoms with Gasteiger partial charge in [-0.25, -0.2) is 9.97 Å². The smallest absolute Gasteiger partial charge is 0.144 e. The lowest BCUT2D eigenvalue weighted by Gasteiger charge is -2.13. The van der Waals surface area contributed by atoms with Gasteiger partial charge in [0.2, 0.25) is 0 Å². The fourth-order valence-electron chi connectivity index (χ4n) is 4.40. The maximum atomic E-state index is 10.1. The monoisotopic (exact) mass is 346 g/mol. The number of aliphatic hydroxyl groups excluding tert-OH is 1. The minimum absolute atomic E-state index is 0.227. The average Bonchev–Trinajstić information content (AvgIpc) is 3.31. The third-order valence-electron chi connectivity index (χ3n) is 5.92. The van der Waals surface area contributed by atoms with E-state index in [2.05, 4.69) is 63.8 Å². The summed E-state index contributed by atoms with van der Waals surface area (Å²) >= 11 is 0. The summed E-state index contributed by atoms with van der Waals surface area (Å²) in [5.41, 5.74) is 5.27. The molecule has 3 heterocycles. The summed E-state index contributed by atoms with van der Waals surface area (Å²) in [6.45, 7) is 4.25. The average molecular weight is 346 g/mol. The molecule has 1 aliphatic carbocycles. The Morgan fingerprint density at radius 2 is 1.96 bits per heavy atom. The molecular formula is C21H22N4O. The van der Waals surface area contributed by atoms with E-state index in [-0.39, 0.29) is 6.10 Å². The number of para-hydroxylation sites is 1. The Kier molecular flexibility index (Phi) is 3.40. The van der Waals surface area contributed by atoms with E-state index in [0.29, 0.717) is 12.0 Å². The lowest BCUT2D eigenvalue weighted by atomic mass is 10.1. The molecule has 0 radical (unpaired) electrons. The number of H-pyrrole nitrogens is 1. The van der Waals surface area contributed by atoms with Gasteiger partial charge >= 0.3 is 0 Å². The molecular weight excluding hydrogens is 324 g/mol. The van der Waals surface area contributed by atoms with E-state index in [1.807, 2.05) is 6.07 Å². The first-order valence-electron chi connectivity index (χ1n) is 9.20. The van der Waals surface area contributed by atoms with Crippen molar-refractivity contribution in [2.45, 2.75) is 38.8 Å². The number of aromatic nitrogens is 4. The Balaban J connectivity index is 1.67. The molecule has 1 aliphatic rings. The van der Waals surface area contributed by atoms with Gasteiger partial charge in [0.15, 0.2) is 0 Å². The van der Waals surface area contributed by atoms with Gasteiger partial charge in [0.05, 0.1) is 17.5 Å². The second-order valence-corrected chi connectivity index (χ2v) is 7.52. The summed E-state index contributed by atoms with van der Waals surface area (Å²) in [4.78, 5) is 12.7. The quantitative estimate of drug-likeness (QED) is 0.571. The fourth-order valence-corrected chi connectivity index (χ4v) is 4.40. The van der Waals surface area contributed by atoms with Gasteiger partial charge in [0, 0.05) is 28.5 Å². The Hall–Kier alpha value is -2.66. The summed E-state index contributed by atoms with van der Waals surface area (Å²) in [7, 11) is 0. The van der Waals surface area contributed by atoms with Crippen molar-refractivity contribution < 1.29 is 5.11 Å². The first kappa shape index (κ1) is 15.6. The third-order valence-corrected chi connectivity index (χ3v) is 5.92. The van der Waals surface area contributed by atoms with Gasteiger partial charge in [-0.15, -0.1) is 0 Å². The van der Waals surface area contributed by atoms with Crippen LogP contribution < -0.4 is 0 Å². The van der Waals surface area contributed by atoms with E-state index < -0.39 is 0 Å². The van der Waals surface area contributed by atoms with E-state index in [0.717, 1.165) is 40.8 Å². The number of hydrogen-bond donors (Lipinski definition) is 2. The Labute approximate surface area is 151 Å². The molecule has 0 amide bonds. The van der Waals surface area contributed by atoms with E-state index in [1.54, 1.807) is 6.33 Å². The maximum Gasteiger partial charge on any atom is 0.144 e. The van der Waals surface area contributed by atoms with Crippen LogP contribution in [0, 0.1) is 12.8 Å². The molecule has 5 nitrogen and oxygen atoms in total. The van der Waals surface area contributed by atoms with E-state index >= 15 is 0 Å². The van der Waals surface area contributed by atoms with Crippen molar-refractivity contribution in [2.24, 2.45) is 5.92 Å². The topological polar surface area (TPSA) is 66.7 Å². The number of benzene rings is 1. The van der Waals surface area contributed by atoms with Crippen molar-refractivity contribution in [2.75, 3.05) is 0 Å². The summed E-state index contributed by atoms with van der Waals surface area (Å²) in [6, 6.07) is 10.7. The summed E-state index contributed by atoms with van der Waals surface area (Å²) in [5, 5.41) is 12.4. The summed E-state index contributed by atoms with van der Waals surface area (Å²) < 4.78 is 2.21. The zero-order valence-corrected chi connectivity index (χ0v) is 15.0. The van der Waals surface area contributed by atoms with Crippen molar-refractivity contribution in [1.29, 1.82) is 0 Å². The Bertz CT molecular complexity index is 1100. The van der Waals surface area contributed by atoms with Crippen LogP contribution in [0.2, 0.25) is 0 Å². The van der Waals surface area contributed by atoms with Crippen LogP contribution in [0.4, 0.5) is 0 Å². The van der Waals surface area contributed by atoms with Crippen LogP contribution in [0.15, 0.2) is 42.9 Å². The molecule has 4 aromatic rings. The first-order chi connectivity index (χ1) is 12.6. The molecule has 3 atom stereocenters. The number of fused-ring (bicyclic) bond motifs is 2. The highest BCUT2D eigenvalue weighted by Gasteiger charge is 2.31. The van der Waals surface area contributed by atoms with Crippen LogP contribution in [-0.4, -0.2) is 30.7 Å². The number of nitrogens with zero attached hydrogens (tertiary/aromatic N) is 3. The van der Waals surface area contributed by atoms with Gasteiger partial charge in [0.1, 0.15) is 12.0 Å².